The van der Waals surface area contributed by atoms with E-state index in [2.05, 4.69) is 21.8 Å². The van der Waals surface area contributed by atoms with E-state index in [4.69, 9.17) is 5.73 Å². The van der Waals surface area contributed by atoms with Crippen molar-refractivity contribution < 1.29 is 0 Å². The number of rotatable bonds is 2. The van der Waals surface area contributed by atoms with E-state index in [0.717, 1.165) is 36.9 Å². The molecule has 5 heteroatoms. The molecule has 1 fully saturated rings. The van der Waals surface area contributed by atoms with E-state index in [0.29, 0.717) is 11.1 Å². The van der Waals surface area contributed by atoms with Gasteiger partial charge in [0.1, 0.15) is 17.5 Å². The minimum Gasteiger partial charge on any atom is -0.384 e. The number of anilines is 2. The molecule has 0 spiro atoms. The standard InChI is InChI=1S/C11H18N4S/c1-3-10-13-9(12)6-11(14-10)15-4-5-16-8(2)7-15/h6,8H,3-5,7H2,1-2H3,(H2,12,13,14). The first-order valence-electron chi connectivity index (χ1n) is 5.69. The van der Waals surface area contributed by atoms with Gasteiger partial charge in [0.05, 0.1) is 0 Å². The molecule has 1 aromatic rings. The van der Waals surface area contributed by atoms with Gasteiger partial charge >= 0.3 is 0 Å². The zero-order valence-electron chi connectivity index (χ0n) is 9.81. The van der Waals surface area contributed by atoms with Crippen LogP contribution in [0.4, 0.5) is 11.6 Å². The molecular formula is C11H18N4S. The summed E-state index contributed by atoms with van der Waals surface area (Å²) in [5.74, 6) is 3.55. The first-order chi connectivity index (χ1) is 7.69. The maximum Gasteiger partial charge on any atom is 0.134 e. The monoisotopic (exact) mass is 238 g/mol. The lowest BCUT2D eigenvalue weighted by molar-refractivity contribution is 0.761. The molecule has 1 unspecified atom stereocenters. The van der Waals surface area contributed by atoms with Gasteiger partial charge in [0.15, 0.2) is 0 Å². The van der Waals surface area contributed by atoms with Gasteiger partial charge in [0, 0.05) is 36.6 Å². The Morgan fingerprint density at radius 1 is 1.56 bits per heavy atom. The summed E-state index contributed by atoms with van der Waals surface area (Å²) < 4.78 is 0. The fraction of sp³-hybridized carbons (Fsp3) is 0.636. The van der Waals surface area contributed by atoms with Gasteiger partial charge in [0.2, 0.25) is 0 Å². The molecule has 16 heavy (non-hydrogen) atoms. The van der Waals surface area contributed by atoms with Gasteiger partial charge in [-0.05, 0) is 0 Å². The van der Waals surface area contributed by atoms with Crippen LogP contribution >= 0.6 is 11.8 Å². The van der Waals surface area contributed by atoms with Crippen molar-refractivity contribution in [3.63, 3.8) is 0 Å². The van der Waals surface area contributed by atoms with Crippen LogP contribution in [0.3, 0.4) is 0 Å². The second-order valence-corrected chi connectivity index (χ2v) is 5.59. The molecule has 2 N–H and O–H groups in total. The first kappa shape index (κ1) is 11.5. The van der Waals surface area contributed by atoms with Crippen LogP contribution in [0.1, 0.15) is 19.7 Å². The summed E-state index contributed by atoms with van der Waals surface area (Å²) in [6.07, 6.45) is 0.830. The fourth-order valence-corrected chi connectivity index (χ4v) is 2.86. The zero-order valence-corrected chi connectivity index (χ0v) is 10.6. The molecule has 0 aromatic carbocycles. The third-order valence-electron chi connectivity index (χ3n) is 2.66. The molecule has 2 rings (SSSR count). The molecule has 1 aliphatic heterocycles. The summed E-state index contributed by atoms with van der Waals surface area (Å²) in [4.78, 5) is 11.0. The topological polar surface area (TPSA) is 55.0 Å². The lowest BCUT2D eigenvalue weighted by atomic mass is 10.3. The molecule has 1 aromatic heterocycles. The Balaban J connectivity index is 2.21. The van der Waals surface area contributed by atoms with Crippen LogP contribution in [-0.4, -0.2) is 34.1 Å². The lowest BCUT2D eigenvalue weighted by Crippen LogP contribution is -2.37. The number of nitrogens with zero attached hydrogens (tertiary/aromatic N) is 3. The van der Waals surface area contributed by atoms with E-state index < -0.39 is 0 Å². The third kappa shape index (κ3) is 2.58. The Morgan fingerprint density at radius 3 is 3.06 bits per heavy atom. The van der Waals surface area contributed by atoms with Crippen molar-refractivity contribution in [2.75, 3.05) is 29.5 Å². The van der Waals surface area contributed by atoms with Crippen LogP contribution in [-0.2, 0) is 6.42 Å². The average Bonchev–Trinajstić information content (AvgIpc) is 2.28. The second kappa shape index (κ2) is 4.91. The largest absolute Gasteiger partial charge is 0.384 e. The van der Waals surface area contributed by atoms with Gasteiger partial charge in [-0.25, -0.2) is 9.97 Å². The normalized spacial score (nSPS) is 21.1. The molecule has 4 nitrogen and oxygen atoms in total. The predicted octanol–water partition coefficient (Wildman–Crippen LogP) is 1.56. The predicted molar refractivity (Wildman–Crippen MR) is 70.0 cm³/mol. The van der Waals surface area contributed by atoms with E-state index in [1.807, 2.05) is 24.8 Å². The summed E-state index contributed by atoms with van der Waals surface area (Å²) in [6, 6.07) is 1.88. The summed E-state index contributed by atoms with van der Waals surface area (Å²) in [6.45, 7) is 6.40. The third-order valence-corrected chi connectivity index (χ3v) is 3.80. The molecule has 0 amide bonds. The number of hydrogen-bond donors (Lipinski definition) is 1. The SMILES string of the molecule is CCc1nc(N)cc(N2CCSC(C)C2)n1. The fourth-order valence-electron chi connectivity index (χ4n) is 1.85. The van der Waals surface area contributed by atoms with Crippen LogP contribution in [0.25, 0.3) is 0 Å². The maximum absolute atomic E-state index is 5.79. The van der Waals surface area contributed by atoms with Gasteiger partial charge in [0.25, 0.3) is 0 Å². The highest BCUT2D eigenvalue weighted by Crippen LogP contribution is 2.23. The highest BCUT2D eigenvalue weighted by Gasteiger charge is 2.18. The first-order valence-corrected chi connectivity index (χ1v) is 6.74. The van der Waals surface area contributed by atoms with Gasteiger partial charge < -0.3 is 10.6 Å². The van der Waals surface area contributed by atoms with Gasteiger partial charge in [-0.15, -0.1) is 0 Å². The second-order valence-electron chi connectivity index (χ2n) is 4.05. The zero-order chi connectivity index (χ0) is 11.5. The Hall–Kier alpha value is -0.970. The van der Waals surface area contributed by atoms with E-state index >= 15 is 0 Å². The lowest BCUT2D eigenvalue weighted by Gasteiger charge is -2.31. The van der Waals surface area contributed by atoms with Crippen molar-refractivity contribution in [2.24, 2.45) is 0 Å². The van der Waals surface area contributed by atoms with Crippen molar-refractivity contribution in [2.45, 2.75) is 25.5 Å². The summed E-state index contributed by atoms with van der Waals surface area (Å²) in [5.41, 5.74) is 5.79. The summed E-state index contributed by atoms with van der Waals surface area (Å²) in [7, 11) is 0. The van der Waals surface area contributed by atoms with Crippen LogP contribution in [0.15, 0.2) is 6.07 Å². The van der Waals surface area contributed by atoms with Crippen molar-refractivity contribution in [1.29, 1.82) is 0 Å². The Kier molecular flexibility index (Phi) is 3.53. The van der Waals surface area contributed by atoms with E-state index in [-0.39, 0.29) is 0 Å². The molecular weight excluding hydrogens is 220 g/mol. The number of nitrogens with two attached hydrogens (primary N) is 1. The van der Waals surface area contributed by atoms with Gasteiger partial charge in [-0.1, -0.05) is 13.8 Å². The summed E-state index contributed by atoms with van der Waals surface area (Å²) in [5, 5.41) is 0.662. The quantitative estimate of drug-likeness (QED) is 0.847. The maximum atomic E-state index is 5.79. The smallest absolute Gasteiger partial charge is 0.134 e. The number of thioether (sulfide) groups is 1. The summed E-state index contributed by atoms with van der Waals surface area (Å²) >= 11 is 2.01. The van der Waals surface area contributed by atoms with E-state index in [9.17, 15) is 0 Å². The minimum atomic E-state index is 0.577. The van der Waals surface area contributed by atoms with Crippen LogP contribution in [0, 0.1) is 0 Å². The minimum absolute atomic E-state index is 0.577. The molecule has 0 saturated carbocycles. The van der Waals surface area contributed by atoms with Gasteiger partial charge in [-0.3, -0.25) is 0 Å². The number of hydrogen-bond acceptors (Lipinski definition) is 5. The van der Waals surface area contributed by atoms with Crippen molar-refractivity contribution in [3.05, 3.63) is 11.9 Å². The Morgan fingerprint density at radius 2 is 2.38 bits per heavy atom. The molecule has 88 valence electrons. The van der Waals surface area contributed by atoms with Crippen molar-refractivity contribution >= 4 is 23.4 Å². The van der Waals surface area contributed by atoms with Crippen LogP contribution in [0.2, 0.25) is 0 Å². The molecule has 1 aliphatic rings. The van der Waals surface area contributed by atoms with E-state index in [1.165, 1.54) is 0 Å². The number of aryl methyl sites for hydroxylation is 1. The highest BCUT2D eigenvalue weighted by molar-refractivity contribution is 8.00. The molecule has 1 atom stereocenters. The number of aromatic nitrogens is 2. The van der Waals surface area contributed by atoms with Gasteiger partial charge in [-0.2, -0.15) is 11.8 Å². The van der Waals surface area contributed by atoms with Crippen LogP contribution < -0.4 is 10.6 Å². The average molecular weight is 238 g/mol. The molecule has 2 heterocycles. The Labute approximate surface area is 101 Å². The van der Waals surface area contributed by atoms with E-state index in [1.54, 1.807) is 0 Å². The van der Waals surface area contributed by atoms with Crippen molar-refractivity contribution in [1.82, 2.24) is 9.97 Å². The molecule has 0 bridgehead atoms. The highest BCUT2D eigenvalue weighted by atomic mass is 32.2. The Bertz CT molecular complexity index is 369. The molecule has 0 aliphatic carbocycles. The number of nitrogen functional groups attached to an aromatic ring is 1. The molecule has 1 saturated heterocycles. The molecule has 0 radical (unpaired) electrons. The van der Waals surface area contributed by atoms with Crippen LogP contribution in [0.5, 0.6) is 0 Å². The van der Waals surface area contributed by atoms with Crippen molar-refractivity contribution in [3.8, 4) is 0 Å².